The van der Waals surface area contributed by atoms with Crippen LogP contribution in [0.3, 0.4) is 0 Å². The predicted octanol–water partition coefficient (Wildman–Crippen LogP) is 4.19. The molecule has 4 rings (SSSR count). The van der Waals surface area contributed by atoms with Crippen LogP contribution in [0.4, 0.5) is 0 Å². The Morgan fingerprint density at radius 3 is 2.32 bits per heavy atom. The minimum Gasteiger partial charge on any atom is -0.339 e. The van der Waals surface area contributed by atoms with Gasteiger partial charge in [-0.25, -0.2) is 0 Å². The molecule has 7 heteroatoms. The number of likely N-dealkylation sites (tertiary alicyclic amines) is 1. The molecule has 2 saturated heterocycles. The average Bonchev–Trinajstić information content (AvgIpc) is 2.81. The van der Waals surface area contributed by atoms with Crippen LogP contribution in [0.5, 0.6) is 0 Å². The lowest BCUT2D eigenvalue weighted by atomic mass is 9.95. The first-order chi connectivity index (χ1) is 15.0. The molecule has 31 heavy (non-hydrogen) atoms. The summed E-state index contributed by atoms with van der Waals surface area (Å²) in [4.78, 5) is 32.0. The van der Waals surface area contributed by atoms with Crippen LogP contribution in [0.1, 0.15) is 28.8 Å². The molecule has 2 fully saturated rings. The van der Waals surface area contributed by atoms with Crippen molar-refractivity contribution in [2.75, 3.05) is 39.3 Å². The SMILES string of the molecule is O=C(c1cccc(Cl)c1Cl)N1CCN(C(=O)C2CCCN(Cc3ccccc3)C2)CC1. The highest BCUT2D eigenvalue weighted by Gasteiger charge is 2.32. The summed E-state index contributed by atoms with van der Waals surface area (Å²) in [5.41, 5.74) is 1.69. The Bertz CT molecular complexity index is 930. The van der Waals surface area contributed by atoms with Crippen LogP contribution < -0.4 is 0 Å². The van der Waals surface area contributed by atoms with Crippen molar-refractivity contribution in [3.63, 3.8) is 0 Å². The Morgan fingerprint density at radius 1 is 0.871 bits per heavy atom. The van der Waals surface area contributed by atoms with Crippen molar-refractivity contribution in [2.24, 2.45) is 5.92 Å². The molecule has 2 aliphatic heterocycles. The number of nitrogens with zero attached hydrogens (tertiary/aromatic N) is 3. The van der Waals surface area contributed by atoms with E-state index in [2.05, 4.69) is 29.2 Å². The average molecular weight is 460 g/mol. The third-order valence-electron chi connectivity index (χ3n) is 6.16. The quantitative estimate of drug-likeness (QED) is 0.688. The minimum absolute atomic E-state index is 0.0297. The highest BCUT2D eigenvalue weighted by Crippen LogP contribution is 2.27. The lowest BCUT2D eigenvalue weighted by Gasteiger charge is -2.39. The number of rotatable bonds is 4. The molecule has 0 spiro atoms. The van der Waals surface area contributed by atoms with Crippen molar-refractivity contribution in [1.29, 1.82) is 0 Å². The van der Waals surface area contributed by atoms with Crippen molar-refractivity contribution in [3.8, 4) is 0 Å². The third kappa shape index (κ3) is 5.22. The summed E-state index contributed by atoms with van der Waals surface area (Å²) in [5, 5.41) is 0.659. The molecule has 0 aromatic heterocycles. The van der Waals surface area contributed by atoms with E-state index in [1.807, 2.05) is 11.0 Å². The van der Waals surface area contributed by atoms with Gasteiger partial charge in [0, 0.05) is 39.3 Å². The van der Waals surface area contributed by atoms with Crippen LogP contribution >= 0.6 is 23.2 Å². The van der Waals surface area contributed by atoms with Crippen LogP contribution in [-0.4, -0.2) is 65.8 Å². The Hall–Kier alpha value is -2.08. The number of piperidine rings is 1. The van der Waals surface area contributed by atoms with E-state index in [1.165, 1.54) is 5.56 Å². The molecule has 5 nitrogen and oxygen atoms in total. The number of amides is 2. The maximum atomic E-state index is 13.2. The lowest BCUT2D eigenvalue weighted by Crippen LogP contribution is -2.53. The third-order valence-corrected chi connectivity index (χ3v) is 6.98. The molecule has 2 aromatic carbocycles. The Balaban J connectivity index is 1.31. The van der Waals surface area contributed by atoms with Gasteiger partial charge in [0.15, 0.2) is 0 Å². The summed E-state index contributed by atoms with van der Waals surface area (Å²) in [6.07, 6.45) is 1.97. The molecule has 2 aromatic rings. The zero-order valence-electron chi connectivity index (χ0n) is 17.5. The summed E-state index contributed by atoms with van der Waals surface area (Å²) in [5.74, 6) is 0.110. The van der Waals surface area contributed by atoms with Gasteiger partial charge in [-0.1, -0.05) is 59.6 Å². The van der Waals surface area contributed by atoms with Crippen LogP contribution in [0.2, 0.25) is 10.0 Å². The second-order valence-electron chi connectivity index (χ2n) is 8.28. The van der Waals surface area contributed by atoms with Crippen molar-refractivity contribution in [2.45, 2.75) is 19.4 Å². The van der Waals surface area contributed by atoms with Crippen LogP contribution in [0.15, 0.2) is 48.5 Å². The zero-order chi connectivity index (χ0) is 21.8. The molecule has 2 aliphatic rings. The largest absolute Gasteiger partial charge is 0.339 e. The van der Waals surface area contributed by atoms with Crippen molar-refractivity contribution < 1.29 is 9.59 Å². The van der Waals surface area contributed by atoms with E-state index in [0.29, 0.717) is 36.8 Å². The van der Waals surface area contributed by atoms with Crippen LogP contribution in [0.25, 0.3) is 0 Å². The van der Waals surface area contributed by atoms with Gasteiger partial charge in [0.25, 0.3) is 5.91 Å². The fourth-order valence-electron chi connectivity index (χ4n) is 4.47. The van der Waals surface area contributed by atoms with E-state index in [4.69, 9.17) is 23.2 Å². The molecule has 164 valence electrons. The Labute approximate surface area is 193 Å². The summed E-state index contributed by atoms with van der Waals surface area (Å²) < 4.78 is 0. The molecule has 1 atom stereocenters. The summed E-state index contributed by atoms with van der Waals surface area (Å²) in [7, 11) is 0. The first-order valence-electron chi connectivity index (χ1n) is 10.8. The van der Waals surface area contributed by atoms with E-state index in [-0.39, 0.29) is 22.8 Å². The number of hydrogen-bond acceptors (Lipinski definition) is 3. The maximum Gasteiger partial charge on any atom is 0.255 e. The van der Waals surface area contributed by atoms with Crippen LogP contribution in [-0.2, 0) is 11.3 Å². The number of hydrogen-bond donors (Lipinski definition) is 0. The first-order valence-corrected chi connectivity index (χ1v) is 11.6. The van der Waals surface area contributed by atoms with E-state index in [1.54, 1.807) is 23.1 Å². The lowest BCUT2D eigenvalue weighted by molar-refractivity contribution is -0.139. The fourth-order valence-corrected chi connectivity index (χ4v) is 4.85. The molecule has 2 heterocycles. The van der Waals surface area contributed by atoms with Gasteiger partial charge in [-0.15, -0.1) is 0 Å². The molecule has 0 N–H and O–H groups in total. The molecule has 0 bridgehead atoms. The molecule has 0 saturated carbocycles. The summed E-state index contributed by atoms with van der Waals surface area (Å²) in [6.45, 7) is 4.83. The smallest absolute Gasteiger partial charge is 0.255 e. The van der Waals surface area contributed by atoms with E-state index in [0.717, 1.165) is 32.5 Å². The molecule has 0 radical (unpaired) electrons. The minimum atomic E-state index is -0.133. The van der Waals surface area contributed by atoms with Gasteiger partial charge in [-0.2, -0.15) is 0 Å². The second kappa shape index (κ2) is 10.0. The molecular weight excluding hydrogens is 433 g/mol. The first kappa shape index (κ1) is 22.1. The number of carbonyl (C=O) groups is 2. The van der Waals surface area contributed by atoms with Gasteiger partial charge in [-0.05, 0) is 37.1 Å². The fraction of sp³-hybridized carbons (Fsp3) is 0.417. The Kier molecular flexibility index (Phi) is 7.16. The van der Waals surface area contributed by atoms with Gasteiger partial charge in [0.1, 0.15) is 0 Å². The number of benzene rings is 2. The topological polar surface area (TPSA) is 43.9 Å². The van der Waals surface area contributed by atoms with Crippen molar-refractivity contribution >= 4 is 35.0 Å². The van der Waals surface area contributed by atoms with Crippen molar-refractivity contribution in [1.82, 2.24) is 14.7 Å². The Morgan fingerprint density at radius 2 is 1.58 bits per heavy atom. The van der Waals surface area contributed by atoms with Gasteiger partial charge in [-0.3, -0.25) is 14.5 Å². The number of piperazine rings is 1. The summed E-state index contributed by atoms with van der Waals surface area (Å²) >= 11 is 12.3. The maximum absolute atomic E-state index is 13.2. The molecule has 1 unspecified atom stereocenters. The van der Waals surface area contributed by atoms with E-state index >= 15 is 0 Å². The second-order valence-corrected chi connectivity index (χ2v) is 9.06. The van der Waals surface area contributed by atoms with Gasteiger partial charge < -0.3 is 9.80 Å². The highest BCUT2D eigenvalue weighted by atomic mass is 35.5. The summed E-state index contributed by atoms with van der Waals surface area (Å²) in [6, 6.07) is 15.5. The van der Waals surface area contributed by atoms with Gasteiger partial charge in [0.05, 0.1) is 21.5 Å². The van der Waals surface area contributed by atoms with Crippen molar-refractivity contribution in [3.05, 3.63) is 69.7 Å². The molecular formula is C24H27Cl2N3O2. The molecule has 2 amide bonds. The normalized spacial score (nSPS) is 20.0. The number of carbonyl (C=O) groups excluding carboxylic acids is 2. The van der Waals surface area contributed by atoms with Crippen LogP contribution in [0, 0.1) is 5.92 Å². The number of halogens is 2. The van der Waals surface area contributed by atoms with E-state index in [9.17, 15) is 9.59 Å². The predicted molar refractivity (Wildman–Crippen MR) is 123 cm³/mol. The van der Waals surface area contributed by atoms with Gasteiger partial charge >= 0.3 is 0 Å². The zero-order valence-corrected chi connectivity index (χ0v) is 19.0. The highest BCUT2D eigenvalue weighted by molar-refractivity contribution is 6.43. The molecule has 0 aliphatic carbocycles. The standard InChI is InChI=1S/C24H27Cl2N3O2/c25-21-10-4-9-20(22(21)26)24(31)29-14-12-28(13-15-29)23(30)19-8-5-11-27(17-19)16-18-6-2-1-3-7-18/h1-4,6-7,9-10,19H,5,8,11-17H2. The van der Waals surface area contributed by atoms with Gasteiger partial charge in [0.2, 0.25) is 5.91 Å². The monoisotopic (exact) mass is 459 g/mol. The van der Waals surface area contributed by atoms with E-state index < -0.39 is 0 Å².